The fraction of sp³-hybridized carbons (Fsp3) is 0.235. The van der Waals surface area contributed by atoms with E-state index in [9.17, 15) is 9.90 Å². The van der Waals surface area contributed by atoms with Gasteiger partial charge in [-0.25, -0.2) is 0 Å². The number of ketones is 1. The van der Waals surface area contributed by atoms with Crippen LogP contribution < -0.4 is 4.74 Å². The van der Waals surface area contributed by atoms with Crippen molar-refractivity contribution in [3.63, 3.8) is 0 Å². The Labute approximate surface area is 118 Å². The van der Waals surface area contributed by atoms with Gasteiger partial charge in [-0.2, -0.15) is 0 Å². The van der Waals surface area contributed by atoms with E-state index in [2.05, 4.69) is 0 Å². The summed E-state index contributed by atoms with van der Waals surface area (Å²) in [5.74, 6) is 0.436. The van der Waals surface area contributed by atoms with Crippen molar-refractivity contribution in [3.05, 3.63) is 65.2 Å². The minimum Gasteiger partial charge on any atom is -0.490 e. The number of aliphatic hydroxyl groups excluding tert-OH is 1. The lowest BCUT2D eigenvalue weighted by molar-refractivity contribution is 0.102. The van der Waals surface area contributed by atoms with Crippen LogP contribution in [0.5, 0.6) is 5.75 Å². The summed E-state index contributed by atoms with van der Waals surface area (Å²) in [6, 6.07) is 14.6. The maximum atomic E-state index is 12.5. The van der Waals surface area contributed by atoms with Gasteiger partial charge in [0, 0.05) is 5.56 Å². The first-order valence-electron chi connectivity index (χ1n) is 6.59. The van der Waals surface area contributed by atoms with Gasteiger partial charge in [0.15, 0.2) is 5.78 Å². The quantitative estimate of drug-likeness (QED) is 0.850. The molecule has 1 N–H and O–H groups in total. The Hall–Kier alpha value is -2.13. The van der Waals surface area contributed by atoms with Crippen LogP contribution in [-0.4, -0.2) is 23.6 Å². The molecule has 3 heteroatoms. The Bertz CT molecular complexity index is 588. The topological polar surface area (TPSA) is 46.5 Å². The molecule has 0 aliphatic carbocycles. The number of aliphatic hydroxyl groups is 1. The molecule has 0 fully saturated rings. The highest BCUT2D eigenvalue weighted by molar-refractivity contribution is 6.10. The summed E-state index contributed by atoms with van der Waals surface area (Å²) in [5.41, 5.74) is 2.15. The third kappa shape index (κ3) is 3.45. The average molecular weight is 270 g/mol. The number of hydrogen-bond donors (Lipinski definition) is 1. The highest BCUT2D eigenvalue weighted by atomic mass is 16.5. The van der Waals surface area contributed by atoms with Crippen LogP contribution in [0, 0.1) is 6.92 Å². The van der Waals surface area contributed by atoms with Crippen LogP contribution >= 0.6 is 0 Å². The zero-order valence-electron chi connectivity index (χ0n) is 11.7. The second-order valence-corrected chi connectivity index (χ2v) is 4.85. The largest absolute Gasteiger partial charge is 0.490 e. The maximum Gasteiger partial charge on any atom is 0.196 e. The number of carbonyl (C=O) groups excluding carboxylic acids is 1. The molecule has 0 aromatic heterocycles. The SMILES string of the molecule is Cc1ccc(C(=O)c2ccccc2)c(OCC(C)O)c1. The van der Waals surface area contributed by atoms with Gasteiger partial charge in [-0.3, -0.25) is 4.79 Å². The third-order valence-corrected chi connectivity index (χ3v) is 2.90. The van der Waals surface area contributed by atoms with Crippen LogP contribution in [0.25, 0.3) is 0 Å². The van der Waals surface area contributed by atoms with E-state index in [0.29, 0.717) is 16.9 Å². The number of carbonyl (C=O) groups is 1. The third-order valence-electron chi connectivity index (χ3n) is 2.90. The molecule has 0 saturated carbocycles. The van der Waals surface area contributed by atoms with E-state index in [1.807, 2.05) is 37.3 Å². The lowest BCUT2D eigenvalue weighted by Crippen LogP contribution is -2.15. The fourth-order valence-electron chi connectivity index (χ4n) is 1.89. The van der Waals surface area contributed by atoms with Gasteiger partial charge in [0.25, 0.3) is 0 Å². The summed E-state index contributed by atoms with van der Waals surface area (Å²) in [7, 11) is 0. The molecule has 0 spiro atoms. The summed E-state index contributed by atoms with van der Waals surface area (Å²) in [4.78, 5) is 12.5. The van der Waals surface area contributed by atoms with Crippen LogP contribution in [0.15, 0.2) is 48.5 Å². The second-order valence-electron chi connectivity index (χ2n) is 4.85. The predicted molar refractivity (Wildman–Crippen MR) is 78.2 cm³/mol. The van der Waals surface area contributed by atoms with Crippen LogP contribution in [-0.2, 0) is 0 Å². The van der Waals surface area contributed by atoms with Gasteiger partial charge in [-0.05, 0) is 31.5 Å². The van der Waals surface area contributed by atoms with Crippen molar-refractivity contribution in [1.29, 1.82) is 0 Å². The van der Waals surface area contributed by atoms with E-state index < -0.39 is 6.10 Å². The lowest BCUT2D eigenvalue weighted by Gasteiger charge is -2.13. The summed E-state index contributed by atoms with van der Waals surface area (Å²) in [5, 5.41) is 9.32. The van der Waals surface area contributed by atoms with Gasteiger partial charge < -0.3 is 9.84 Å². The van der Waals surface area contributed by atoms with Crippen LogP contribution in [0.3, 0.4) is 0 Å². The zero-order chi connectivity index (χ0) is 14.5. The molecule has 20 heavy (non-hydrogen) atoms. The van der Waals surface area contributed by atoms with Crippen molar-refractivity contribution in [1.82, 2.24) is 0 Å². The van der Waals surface area contributed by atoms with E-state index in [-0.39, 0.29) is 12.4 Å². The molecule has 1 unspecified atom stereocenters. The van der Waals surface area contributed by atoms with E-state index in [1.165, 1.54) is 0 Å². The molecular formula is C17H18O3. The van der Waals surface area contributed by atoms with Crippen molar-refractivity contribution in [2.45, 2.75) is 20.0 Å². The van der Waals surface area contributed by atoms with Gasteiger partial charge in [0.1, 0.15) is 12.4 Å². The highest BCUT2D eigenvalue weighted by Gasteiger charge is 2.15. The Kier molecular flexibility index (Phi) is 4.53. The second kappa shape index (κ2) is 6.35. The molecule has 1 atom stereocenters. The van der Waals surface area contributed by atoms with Crippen molar-refractivity contribution in [3.8, 4) is 5.75 Å². The van der Waals surface area contributed by atoms with Gasteiger partial charge >= 0.3 is 0 Å². The Morgan fingerprint density at radius 2 is 1.90 bits per heavy atom. The number of ether oxygens (including phenoxy) is 1. The molecule has 3 nitrogen and oxygen atoms in total. The molecule has 2 aromatic rings. The molecule has 0 radical (unpaired) electrons. The molecule has 0 heterocycles. The molecule has 2 aromatic carbocycles. The number of hydrogen-bond acceptors (Lipinski definition) is 3. The van der Waals surface area contributed by atoms with E-state index in [1.54, 1.807) is 25.1 Å². The van der Waals surface area contributed by atoms with E-state index in [0.717, 1.165) is 5.56 Å². The van der Waals surface area contributed by atoms with Crippen molar-refractivity contribution >= 4 is 5.78 Å². The summed E-state index contributed by atoms with van der Waals surface area (Å²) in [6.45, 7) is 3.75. The molecule has 0 aliphatic heterocycles. The Morgan fingerprint density at radius 1 is 1.20 bits per heavy atom. The van der Waals surface area contributed by atoms with Crippen LogP contribution in [0.2, 0.25) is 0 Å². The van der Waals surface area contributed by atoms with Gasteiger partial charge in [0.2, 0.25) is 0 Å². The normalized spacial score (nSPS) is 11.9. The smallest absolute Gasteiger partial charge is 0.196 e. The molecule has 0 aliphatic rings. The molecule has 2 rings (SSSR count). The standard InChI is InChI=1S/C17H18O3/c1-12-8-9-15(16(10-12)20-11-13(2)18)17(19)14-6-4-3-5-7-14/h3-10,13,18H,11H2,1-2H3. The molecule has 0 amide bonds. The Morgan fingerprint density at radius 3 is 2.55 bits per heavy atom. The molecule has 0 bridgehead atoms. The van der Waals surface area contributed by atoms with Crippen molar-refractivity contribution in [2.75, 3.05) is 6.61 Å². The van der Waals surface area contributed by atoms with E-state index >= 15 is 0 Å². The molecule has 104 valence electrons. The van der Waals surface area contributed by atoms with E-state index in [4.69, 9.17) is 4.74 Å². The first-order valence-corrected chi connectivity index (χ1v) is 6.59. The van der Waals surface area contributed by atoms with Crippen LogP contribution in [0.4, 0.5) is 0 Å². The molecular weight excluding hydrogens is 252 g/mol. The number of rotatable bonds is 5. The van der Waals surface area contributed by atoms with Crippen molar-refractivity contribution in [2.24, 2.45) is 0 Å². The number of aryl methyl sites for hydroxylation is 1. The fourth-order valence-corrected chi connectivity index (χ4v) is 1.89. The van der Waals surface area contributed by atoms with Gasteiger partial charge in [-0.1, -0.05) is 36.4 Å². The minimum atomic E-state index is -0.574. The highest BCUT2D eigenvalue weighted by Crippen LogP contribution is 2.23. The first kappa shape index (κ1) is 14.3. The monoisotopic (exact) mass is 270 g/mol. The average Bonchev–Trinajstić information content (AvgIpc) is 2.45. The predicted octanol–water partition coefficient (Wildman–Crippen LogP) is 2.99. The van der Waals surface area contributed by atoms with Gasteiger partial charge in [0.05, 0.1) is 11.7 Å². The lowest BCUT2D eigenvalue weighted by atomic mass is 10.0. The van der Waals surface area contributed by atoms with Gasteiger partial charge in [-0.15, -0.1) is 0 Å². The first-order chi connectivity index (χ1) is 9.58. The van der Waals surface area contributed by atoms with Crippen LogP contribution in [0.1, 0.15) is 28.4 Å². The summed E-state index contributed by atoms with van der Waals surface area (Å²) in [6.07, 6.45) is -0.574. The Balaban J connectivity index is 2.33. The molecule has 0 saturated heterocycles. The number of benzene rings is 2. The zero-order valence-corrected chi connectivity index (χ0v) is 11.7. The van der Waals surface area contributed by atoms with Crippen molar-refractivity contribution < 1.29 is 14.6 Å². The summed E-state index contributed by atoms with van der Waals surface area (Å²) < 4.78 is 5.55. The minimum absolute atomic E-state index is 0.0776. The summed E-state index contributed by atoms with van der Waals surface area (Å²) >= 11 is 0. The maximum absolute atomic E-state index is 12.5.